The van der Waals surface area contributed by atoms with Gasteiger partial charge in [-0.05, 0) is 63.2 Å². The van der Waals surface area contributed by atoms with Crippen molar-refractivity contribution >= 4 is 81.2 Å². The van der Waals surface area contributed by atoms with Gasteiger partial charge in [-0.2, -0.15) is 0 Å². The van der Waals surface area contributed by atoms with Crippen LogP contribution in [0.1, 0.15) is 49.9 Å². The standard InChI is InChI=1S/C36H31ClFN7O3S.C36H36ClFN6O3S/c1-39-26-10-7-24(8-11-26)23-5-3-22(4-6-23)18-44-20-27-19-43(14-15-45(27)36(44)47)21-30-31(35(46)48-2)32(28-12-9-25(38)17-29(28)37)42-33(41-30)34-40-13-16-49-34;1-47-36(46)32-31(40-34(35-39-12-15-48-35)41-33(32)29-11-10-27(38)16-30(29)37)20-42-13-14-44-22-43(19-28(44)18-42)17-23-2-6-25(7-3-23)26-8-4-24(21-45)5-9-26/h3-13,16-17,27,32H,14-15,18-21H2,2H3,(H,41,42);2-12,15-16,28,33,45H,13-14,17-22H2,1H3,(H,40,41)/t27-,32-;28-,33-/m00/s1. The van der Waals surface area contributed by atoms with Crippen molar-refractivity contribution in [2.75, 3.05) is 86.3 Å². The molecule has 25 heteroatoms. The second kappa shape index (κ2) is 29.7. The van der Waals surface area contributed by atoms with Crippen molar-refractivity contribution < 1.29 is 37.7 Å². The molecule has 0 aliphatic carbocycles. The van der Waals surface area contributed by atoms with Gasteiger partial charge < -0.3 is 35.0 Å². The lowest BCUT2D eigenvalue weighted by Gasteiger charge is -2.38. The predicted molar refractivity (Wildman–Crippen MR) is 371 cm³/mol. The molecule has 3 N–H and O–H groups in total. The molecule has 0 spiro atoms. The van der Waals surface area contributed by atoms with Gasteiger partial charge in [0.05, 0.1) is 51.3 Å². The molecule has 4 saturated heterocycles. The van der Waals surface area contributed by atoms with E-state index in [-0.39, 0.29) is 34.3 Å². The Balaban J connectivity index is 0.000000175. The molecule has 496 valence electrons. The van der Waals surface area contributed by atoms with Gasteiger partial charge in [-0.3, -0.25) is 29.6 Å². The molecule has 0 saturated carbocycles. The summed E-state index contributed by atoms with van der Waals surface area (Å²) >= 11 is 15.9. The number of amidine groups is 2. The molecule has 19 nitrogen and oxygen atoms in total. The number of nitrogens with zero attached hydrogens (tertiary/aromatic N) is 11. The summed E-state index contributed by atoms with van der Waals surface area (Å²) in [5.41, 5.74) is 11.1. The van der Waals surface area contributed by atoms with Crippen molar-refractivity contribution in [3.05, 3.63) is 250 Å². The zero-order valence-electron chi connectivity index (χ0n) is 53.0. The number of thiazole rings is 2. The van der Waals surface area contributed by atoms with Crippen LogP contribution in [0.2, 0.25) is 10.0 Å². The van der Waals surface area contributed by atoms with Crippen LogP contribution in [0.5, 0.6) is 0 Å². The highest BCUT2D eigenvalue weighted by Gasteiger charge is 2.43. The number of fused-ring (bicyclic) bond motifs is 2. The number of rotatable bonds is 17. The number of methoxy groups -OCH3 is 2. The summed E-state index contributed by atoms with van der Waals surface area (Å²) in [5, 5.41) is 21.5. The van der Waals surface area contributed by atoms with E-state index < -0.39 is 35.7 Å². The normalized spacial score (nSPS) is 19.8. The minimum atomic E-state index is -0.843. The van der Waals surface area contributed by atoms with E-state index in [9.17, 15) is 28.3 Å². The summed E-state index contributed by atoms with van der Waals surface area (Å²) in [7, 11) is 2.67. The molecule has 4 fully saturated rings. The first-order chi connectivity index (χ1) is 47.2. The number of aliphatic hydroxyl groups excluding tert-OH is 1. The number of carbonyl (C=O) groups is 3. The molecule has 2 amide bonds. The van der Waals surface area contributed by atoms with Crippen LogP contribution in [0, 0.1) is 18.2 Å². The van der Waals surface area contributed by atoms with Gasteiger partial charge >= 0.3 is 18.0 Å². The first kappa shape index (κ1) is 66.5. The van der Waals surface area contributed by atoms with E-state index in [1.807, 2.05) is 93.4 Å². The van der Waals surface area contributed by atoms with Gasteiger partial charge in [-0.25, -0.2) is 38.0 Å². The van der Waals surface area contributed by atoms with Crippen molar-refractivity contribution in [2.45, 2.75) is 43.9 Å². The summed E-state index contributed by atoms with van der Waals surface area (Å²) in [6, 6.07) is 39.2. The van der Waals surface area contributed by atoms with Crippen LogP contribution < -0.4 is 10.6 Å². The maximum absolute atomic E-state index is 14.0. The smallest absolute Gasteiger partial charge is 0.338 e. The molecule has 6 aliphatic rings. The fourth-order valence-electron chi connectivity index (χ4n) is 13.3. The number of benzene rings is 6. The molecule has 4 atom stereocenters. The zero-order chi connectivity index (χ0) is 67.3. The lowest BCUT2D eigenvalue weighted by molar-refractivity contribution is -0.137. The van der Waals surface area contributed by atoms with Crippen LogP contribution in [-0.2, 0) is 38.8 Å². The number of aliphatic hydroxyl groups is 1. The topological polar surface area (TPSA) is 188 Å². The van der Waals surface area contributed by atoms with Gasteiger partial charge in [0.2, 0.25) is 0 Å². The van der Waals surface area contributed by atoms with Gasteiger partial charge in [0.1, 0.15) is 23.7 Å². The molecule has 8 heterocycles. The second-order valence-electron chi connectivity index (χ2n) is 24.3. The summed E-state index contributed by atoms with van der Waals surface area (Å²) in [6.07, 6.45) is 3.39. The van der Waals surface area contributed by atoms with Crippen LogP contribution in [0.25, 0.3) is 27.1 Å². The minimum Gasteiger partial charge on any atom is -0.466 e. The Hall–Kier alpha value is -9.06. The Kier molecular flexibility index (Phi) is 20.4. The highest BCUT2D eigenvalue weighted by Crippen LogP contribution is 2.40. The number of ether oxygens (including phenoxy) is 2. The van der Waals surface area contributed by atoms with E-state index >= 15 is 0 Å². The quantitative estimate of drug-likeness (QED) is 0.0577. The van der Waals surface area contributed by atoms with Crippen LogP contribution >= 0.6 is 45.9 Å². The summed E-state index contributed by atoms with van der Waals surface area (Å²) in [6.45, 7) is 16.2. The van der Waals surface area contributed by atoms with Gasteiger partial charge in [0.15, 0.2) is 27.4 Å². The van der Waals surface area contributed by atoms with E-state index in [4.69, 9.17) is 49.2 Å². The average Bonchev–Trinajstić information content (AvgIpc) is 1.37. The van der Waals surface area contributed by atoms with Gasteiger partial charge in [0, 0.05) is 140 Å². The van der Waals surface area contributed by atoms with Gasteiger partial charge in [-0.15, -0.1) is 22.7 Å². The third kappa shape index (κ3) is 14.9. The maximum Gasteiger partial charge on any atom is 0.338 e. The number of urea groups is 1. The highest BCUT2D eigenvalue weighted by atomic mass is 35.5. The lowest BCUT2D eigenvalue weighted by Crippen LogP contribution is -2.53. The molecule has 6 aliphatic heterocycles. The van der Waals surface area contributed by atoms with E-state index in [1.54, 1.807) is 18.5 Å². The number of amides is 2. The van der Waals surface area contributed by atoms with Crippen molar-refractivity contribution in [1.29, 1.82) is 0 Å². The maximum atomic E-state index is 14.0. The van der Waals surface area contributed by atoms with Crippen LogP contribution in [0.4, 0.5) is 19.3 Å². The molecule has 0 bridgehead atoms. The third-order valence-electron chi connectivity index (χ3n) is 18.2. The molecule has 6 aromatic carbocycles. The third-order valence-corrected chi connectivity index (χ3v) is 20.4. The summed E-state index contributed by atoms with van der Waals surface area (Å²) in [5.74, 6) is -1.01. The number of nitrogens with one attached hydrogen (secondary N) is 2. The van der Waals surface area contributed by atoms with Crippen molar-refractivity contribution in [3.8, 4) is 22.3 Å². The number of aromatic nitrogens is 2. The summed E-state index contributed by atoms with van der Waals surface area (Å²) in [4.78, 5) is 75.5. The average molecular weight is 1380 g/mol. The number of piperazine rings is 2. The monoisotopic (exact) mass is 1380 g/mol. The molecule has 14 rings (SSSR count). The molecule has 8 aromatic rings. The molecule has 2 aromatic heterocycles. The molecule has 97 heavy (non-hydrogen) atoms. The van der Waals surface area contributed by atoms with E-state index in [1.165, 1.54) is 72.8 Å². The van der Waals surface area contributed by atoms with Crippen molar-refractivity contribution in [1.82, 2.24) is 50.0 Å². The number of halogens is 4. The number of aliphatic imine (C=N–C) groups is 2. The van der Waals surface area contributed by atoms with E-state index in [0.717, 1.165) is 72.8 Å². The van der Waals surface area contributed by atoms with Gasteiger partial charge in [0.25, 0.3) is 0 Å². The Morgan fingerprint density at radius 3 is 1.53 bits per heavy atom. The lowest BCUT2D eigenvalue weighted by atomic mass is 9.95. The zero-order valence-corrected chi connectivity index (χ0v) is 56.1. The number of hydrogen-bond acceptors (Lipinski definition) is 18. The Morgan fingerprint density at radius 1 is 0.598 bits per heavy atom. The highest BCUT2D eigenvalue weighted by molar-refractivity contribution is 7.12. The molecular formula is C72H67Cl2F2N13O6S2. The van der Waals surface area contributed by atoms with Crippen molar-refractivity contribution in [2.24, 2.45) is 9.98 Å². The van der Waals surface area contributed by atoms with Crippen LogP contribution in [0.3, 0.4) is 0 Å². The molecule has 0 unspecified atom stereocenters. The largest absolute Gasteiger partial charge is 0.466 e. The molecular weight excluding hydrogens is 1320 g/mol. The van der Waals surface area contributed by atoms with E-state index in [0.29, 0.717) is 107 Å². The predicted octanol–water partition coefficient (Wildman–Crippen LogP) is 11.4. The SMILES string of the molecule is COC(=O)C1=C(CN2CCN3CN(Cc4ccc(-c5ccc(CO)cc5)cc4)C[C@@H]3C2)NC(c2nccs2)=N[C@H]1c1ccc(F)cc1Cl.[C-]#[N+]c1ccc(-c2ccc(CN3C[C@@H]4CN(CC5=C(C(=O)OC)[C@H](c6ccc(F)cc6Cl)N=C(c6nccs6)N5)CCN4C3=O)cc2)cc1. The van der Waals surface area contributed by atoms with Gasteiger partial charge in [-0.1, -0.05) is 132 Å². The molecule has 0 radical (unpaired) electrons. The fraction of sp³-hybridized carbons (Fsp3) is 0.278. The van der Waals surface area contributed by atoms with Crippen LogP contribution in [0.15, 0.2) is 189 Å². The van der Waals surface area contributed by atoms with Crippen LogP contribution in [-0.4, -0.2) is 173 Å². The van der Waals surface area contributed by atoms with E-state index in [2.05, 4.69) is 69.3 Å². The van der Waals surface area contributed by atoms with Crippen molar-refractivity contribution in [3.63, 3.8) is 0 Å². The summed E-state index contributed by atoms with van der Waals surface area (Å²) < 4.78 is 38.5. The first-order valence-electron chi connectivity index (χ1n) is 31.5. The Morgan fingerprint density at radius 2 is 1.06 bits per heavy atom. The Labute approximate surface area is 578 Å². The first-order valence-corrected chi connectivity index (χ1v) is 34.1. The number of carbonyl (C=O) groups excluding carboxylic acids is 3. The minimum absolute atomic E-state index is 0.0120. The number of esters is 2. The Bertz CT molecular complexity index is 4380. The number of hydrogen-bond donors (Lipinski definition) is 3. The second-order valence-corrected chi connectivity index (χ2v) is 26.9. The fourth-order valence-corrected chi connectivity index (χ4v) is 15.0.